The summed E-state index contributed by atoms with van der Waals surface area (Å²) < 4.78 is 0. The molecule has 0 spiro atoms. The van der Waals surface area contributed by atoms with Gasteiger partial charge in [0, 0.05) is 12.4 Å². The lowest BCUT2D eigenvalue weighted by Crippen LogP contribution is -2.20. The van der Waals surface area contributed by atoms with Gasteiger partial charge in [-0.2, -0.15) is 0 Å². The number of nitrogens with one attached hydrogen (secondary N) is 1. The van der Waals surface area contributed by atoms with E-state index in [0.717, 1.165) is 17.3 Å². The van der Waals surface area contributed by atoms with E-state index in [2.05, 4.69) is 39.6 Å². The maximum atomic E-state index is 4.44. The van der Waals surface area contributed by atoms with E-state index in [1.807, 2.05) is 26.4 Å². The van der Waals surface area contributed by atoms with Gasteiger partial charge in [0.05, 0.1) is 6.04 Å². The van der Waals surface area contributed by atoms with Gasteiger partial charge in [-0.05, 0) is 49.4 Å². The van der Waals surface area contributed by atoms with Crippen molar-refractivity contribution in [1.82, 2.24) is 15.3 Å². The van der Waals surface area contributed by atoms with Crippen LogP contribution in [0, 0.1) is 6.92 Å². The van der Waals surface area contributed by atoms with E-state index >= 15 is 0 Å². The highest BCUT2D eigenvalue weighted by Crippen LogP contribution is 2.36. The van der Waals surface area contributed by atoms with Crippen LogP contribution in [0.5, 0.6) is 0 Å². The number of nitrogens with zero attached hydrogens (tertiary/aromatic N) is 2. The lowest BCUT2D eigenvalue weighted by atomic mass is 9.80. The van der Waals surface area contributed by atoms with Gasteiger partial charge in [-0.25, -0.2) is 9.97 Å². The van der Waals surface area contributed by atoms with Gasteiger partial charge in [-0.1, -0.05) is 30.7 Å². The first-order valence-electron chi connectivity index (χ1n) is 7.33. The lowest BCUT2D eigenvalue weighted by Gasteiger charge is -2.26. The largest absolute Gasteiger partial charge is 0.307 e. The Labute approximate surface area is 120 Å². The van der Waals surface area contributed by atoms with Gasteiger partial charge in [0.15, 0.2) is 0 Å². The molecule has 0 aliphatic heterocycles. The van der Waals surface area contributed by atoms with Crippen LogP contribution in [-0.4, -0.2) is 17.0 Å². The Balaban J connectivity index is 1.83. The fraction of sp³-hybridized carbons (Fsp3) is 0.412. The van der Waals surface area contributed by atoms with Gasteiger partial charge in [-0.3, -0.25) is 0 Å². The predicted molar refractivity (Wildman–Crippen MR) is 80.7 cm³/mol. The van der Waals surface area contributed by atoms with Crippen molar-refractivity contribution >= 4 is 0 Å². The van der Waals surface area contributed by atoms with E-state index in [1.54, 1.807) is 0 Å². The minimum Gasteiger partial charge on any atom is -0.307 e. The molecule has 1 aromatic carbocycles. The summed E-state index contributed by atoms with van der Waals surface area (Å²) >= 11 is 0. The first-order valence-corrected chi connectivity index (χ1v) is 7.33. The zero-order chi connectivity index (χ0) is 13.9. The van der Waals surface area contributed by atoms with Gasteiger partial charge in [0.2, 0.25) is 0 Å². The minimum absolute atomic E-state index is 0.0611. The first kappa shape index (κ1) is 13.3. The summed E-state index contributed by atoms with van der Waals surface area (Å²) in [4.78, 5) is 8.87. The molecule has 1 heterocycles. The molecule has 3 rings (SSSR count). The van der Waals surface area contributed by atoms with Crippen molar-refractivity contribution in [2.45, 2.75) is 38.1 Å². The maximum absolute atomic E-state index is 4.44. The van der Waals surface area contributed by atoms with Crippen LogP contribution < -0.4 is 5.32 Å². The predicted octanol–water partition coefficient (Wildman–Crippen LogP) is 3.36. The molecule has 0 saturated heterocycles. The Morgan fingerprint density at radius 1 is 1.10 bits per heavy atom. The summed E-state index contributed by atoms with van der Waals surface area (Å²) in [6, 6.07) is 9.00. The summed E-state index contributed by atoms with van der Waals surface area (Å²) in [6.45, 7) is 2.01. The maximum Gasteiger partial charge on any atom is 0.149 e. The number of hydrogen-bond acceptors (Lipinski definition) is 3. The lowest BCUT2D eigenvalue weighted by molar-refractivity contribution is 0.419. The molecule has 3 nitrogen and oxygen atoms in total. The molecule has 1 aliphatic rings. The smallest absolute Gasteiger partial charge is 0.149 e. The monoisotopic (exact) mass is 267 g/mol. The summed E-state index contributed by atoms with van der Waals surface area (Å²) in [7, 11) is 1.95. The SMILES string of the molecule is CNC(c1ccc(C2CCC2)cc1)c1ncc(C)cn1. The quantitative estimate of drug-likeness (QED) is 0.923. The molecule has 2 aromatic rings. The van der Waals surface area contributed by atoms with Crippen molar-refractivity contribution in [2.75, 3.05) is 7.05 Å². The first-order chi connectivity index (χ1) is 9.78. The van der Waals surface area contributed by atoms with Gasteiger partial charge in [0.1, 0.15) is 5.82 Å². The Kier molecular flexibility index (Phi) is 3.79. The van der Waals surface area contributed by atoms with E-state index in [-0.39, 0.29) is 6.04 Å². The molecule has 1 fully saturated rings. The Morgan fingerprint density at radius 2 is 1.75 bits per heavy atom. The van der Waals surface area contributed by atoms with Gasteiger partial charge in [0.25, 0.3) is 0 Å². The van der Waals surface area contributed by atoms with Crippen molar-refractivity contribution in [3.8, 4) is 0 Å². The third-order valence-corrected chi connectivity index (χ3v) is 4.19. The van der Waals surface area contributed by atoms with E-state index in [9.17, 15) is 0 Å². The second-order valence-corrected chi connectivity index (χ2v) is 5.63. The molecule has 1 aliphatic carbocycles. The molecule has 0 amide bonds. The minimum atomic E-state index is 0.0611. The van der Waals surface area contributed by atoms with E-state index in [1.165, 1.54) is 30.4 Å². The zero-order valence-corrected chi connectivity index (χ0v) is 12.1. The zero-order valence-electron chi connectivity index (χ0n) is 12.1. The van der Waals surface area contributed by atoms with Crippen LogP contribution in [0.25, 0.3) is 0 Å². The molecule has 1 N–H and O–H groups in total. The molecular formula is C17H21N3. The van der Waals surface area contributed by atoms with Crippen LogP contribution in [0.3, 0.4) is 0 Å². The molecular weight excluding hydrogens is 246 g/mol. The Hall–Kier alpha value is -1.74. The molecule has 0 bridgehead atoms. The van der Waals surface area contributed by atoms with Gasteiger partial charge >= 0.3 is 0 Å². The van der Waals surface area contributed by atoms with Crippen molar-refractivity contribution in [3.63, 3.8) is 0 Å². The average molecular weight is 267 g/mol. The highest BCUT2D eigenvalue weighted by molar-refractivity contribution is 5.31. The average Bonchev–Trinajstić information content (AvgIpc) is 2.42. The molecule has 1 unspecified atom stereocenters. The van der Waals surface area contributed by atoms with E-state index in [4.69, 9.17) is 0 Å². The summed E-state index contributed by atoms with van der Waals surface area (Å²) in [6.07, 6.45) is 7.80. The normalized spacial score (nSPS) is 16.7. The van der Waals surface area contributed by atoms with Crippen molar-refractivity contribution < 1.29 is 0 Å². The molecule has 0 radical (unpaired) electrons. The summed E-state index contributed by atoms with van der Waals surface area (Å²) in [5.41, 5.74) is 3.78. The molecule has 104 valence electrons. The van der Waals surface area contributed by atoms with E-state index < -0.39 is 0 Å². The number of hydrogen-bond donors (Lipinski definition) is 1. The third kappa shape index (κ3) is 2.59. The van der Waals surface area contributed by atoms with Crippen molar-refractivity contribution in [2.24, 2.45) is 0 Å². The second kappa shape index (κ2) is 5.71. The fourth-order valence-corrected chi connectivity index (χ4v) is 2.70. The molecule has 3 heteroatoms. The molecule has 20 heavy (non-hydrogen) atoms. The number of aromatic nitrogens is 2. The van der Waals surface area contributed by atoms with Crippen LogP contribution >= 0.6 is 0 Å². The van der Waals surface area contributed by atoms with E-state index in [0.29, 0.717) is 0 Å². The Bertz CT molecular complexity index is 556. The topological polar surface area (TPSA) is 37.8 Å². The molecule has 1 atom stereocenters. The fourth-order valence-electron chi connectivity index (χ4n) is 2.70. The number of benzene rings is 1. The Morgan fingerprint density at radius 3 is 2.25 bits per heavy atom. The molecule has 1 saturated carbocycles. The van der Waals surface area contributed by atoms with Crippen molar-refractivity contribution in [3.05, 3.63) is 59.2 Å². The van der Waals surface area contributed by atoms with Gasteiger partial charge in [-0.15, -0.1) is 0 Å². The van der Waals surface area contributed by atoms with Crippen molar-refractivity contribution in [1.29, 1.82) is 0 Å². The summed E-state index contributed by atoms with van der Waals surface area (Å²) in [5.74, 6) is 1.61. The molecule has 1 aromatic heterocycles. The third-order valence-electron chi connectivity index (χ3n) is 4.19. The van der Waals surface area contributed by atoms with Crippen LogP contribution in [0.1, 0.15) is 53.7 Å². The van der Waals surface area contributed by atoms with Crippen LogP contribution in [0.15, 0.2) is 36.7 Å². The number of rotatable bonds is 4. The standard InChI is InChI=1S/C17H21N3/c1-12-10-19-17(20-11-12)16(18-2)15-8-6-14(7-9-15)13-4-3-5-13/h6-11,13,16,18H,3-5H2,1-2H3. The van der Waals surface area contributed by atoms with Gasteiger partial charge < -0.3 is 5.32 Å². The summed E-state index contributed by atoms with van der Waals surface area (Å²) in [5, 5.41) is 3.31. The highest BCUT2D eigenvalue weighted by atomic mass is 15.0. The number of aryl methyl sites for hydroxylation is 1. The highest BCUT2D eigenvalue weighted by Gasteiger charge is 2.20. The van der Waals surface area contributed by atoms with Crippen LogP contribution in [0.4, 0.5) is 0 Å². The van der Waals surface area contributed by atoms with Crippen LogP contribution in [-0.2, 0) is 0 Å². The second-order valence-electron chi connectivity index (χ2n) is 5.63. The van der Waals surface area contributed by atoms with Crippen LogP contribution in [0.2, 0.25) is 0 Å².